The summed E-state index contributed by atoms with van der Waals surface area (Å²) in [4.78, 5) is 59.7. The predicted octanol–water partition coefficient (Wildman–Crippen LogP) is 2.74. The zero-order valence-corrected chi connectivity index (χ0v) is 28.5. The number of rotatable bonds is 22. The molecule has 272 valence electrons. The summed E-state index contributed by atoms with van der Waals surface area (Å²) >= 11 is 0. The van der Waals surface area contributed by atoms with Gasteiger partial charge in [-0.3, -0.25) is 14.4 Å². The molecule has 0 aliphatic heterocycles. The van der Waals surface area contributed by atoms with Crippen molar-refractivity contribution in [3.63, 3.8) is 0 Å². The molecule has 2 aromatic carbocycles. The fourth-order valence-electron chi connectivity index (χ4n) is 4.59. The fraction of sp³-hybridized carbons (Fsp3) is 0.417. The number of benzene rings is 2. The van der Waals surface area contributed by atoms with Gasteiger partial charge in [-0.15, -0.1) is 0 Å². The number of carbonyl (C=O) groups excluding carboxylic acids is 3. The summed E-state index contributed by atoms with van der Waals surface area (Å²) in [6, 6.07) is 13.8. The second-order valence-electron chi connectivity index (χ2n) is 12.0. The van der Waals surface area contributed by atoms with Crippen LogP contribution in [0.2, 0.25) is 0 Å². The van der Waals surface area contributed by atoms with Crippen molar-refractivity contribution in [3.05, 3.63) is 84.0 Å². The summed E-state index contributed by atoms with van der Waals surface area (Å²) in [6.07, 6.45) is -1.10. The third kappa shape index (κ3) is 13.4. The minimum Gasteiger partial charge on any atom is -0.493 e. The molecule has 0 radical (unpaired) electrons. The largest absolute Gasteiger partial charge is 0.493 e. The molecular weight excluding hydrogens is 654 g/mol. The Bertz CT molecular complexity index is 1490. The van der Waals surface area contributed by atoms with Gasteiger partial charge >= 0.3 is 23.9 Å². The van der Waals surface area contributed by atoms with Crippen LogP contribution in [0.3, 0.4) is 0 Å². The van der Waals surface area contributed by atoms with Crippen molar-refractivity contribution in [3.8, 4) is 11.5 Å². The molecule has 0 fully saturated rings. The topological polar surface area (TPSA) is 206 Å². The summed E-state index contributed by atoms with van der Waals surface area (Å²) in [5.41, 5.74) is 1.07. The molecule has 14 heteroatoms. The van der Waals surface area contributed by atoms with E-state index in [-0.39, 0.29) is 57.0 Å². The minimum absolute atomic E-state index is 0.0561. The highest BCUT2D eigenvalue weighted by atomic mass is 16.6. The van der Waals surface area contributed by atoms with E-state index in [1.54, 1.807) is 48.5 Å². The Labute approximate surface area is 290 Å². The minimum atomic E-state index is -1.34. The summed E-state index contributed by atoms with van der Waals surface area (Å²) in [5, 5.41) is 38.2. The molecule has 0 aliphatic carbocycles. The summed E-state index contributed by atoms with van der Waals surface area (Å²) in [5.74, 6) is -4.15. The summed E-state index contributed by atoms with van der Waals surface area (Å²) in [7, 11) is 0. The third-order valence-corrected chi connectivity index (χ3v) is 7.57. The van der Waals surface area contributed by atoms with E-state index in [0.29, 0.717) is 11.5 Å². The molecule has 3 atom stereocenters. The first-order valence-corrected chi connectivity index (χ1v) is 15.7. The molecule has 14 nitrogen and oxygen atoms in total. The first-order valence-electron chi connectivity index (χ1n) is 15.7. The maximum atomic E-state index is 13.1. The van der Waals surface area contributed by atoms with E-state index in [1.165, 1.54) is 13.8 Å². The number of carbonyl (C=O) groups is 5. The lowest BCUT2D eigenvalue weighted by Crippen LogP contribution is -2.40. The molecule has 0 heterocycles. The highest BCUT2D eigenvalue weighted by Gasteiger charge is 2.31. The highest BCUT2D eigenvalue weighted by molar-refractivity contribution is 5.87. The van der Waals surface area contributed by atoms with Crippen molar-refractivity contribution < 1.29 is 63.3 Å². The van der Waals surface area contributed by atoms with Crippen LogP contribution in [0.4, 0.5) is 0 Å². The SMILES string of the molecule is C=C(C)C(=O)OCC(O)COc1ccc(C(C)(CCC(=O)N(CC(=O)O)CC(=O)O)c2ccc(OCC(CO)COC(=O)C(=C)C)cc2)cc1. The molecule has 4 N–H and O–H groups in total. The van der Waals surface area contributed by atoms with Crippen LogP contribution in [0.5, 0.6) is 11.5 Å². The van der Waals surface area contributed by atoms with Crippen molar-refractivity contribution in [1.29, 1.82) is 0 Å². The van der Waals surface area contributed by atoms with E-state index < -0.39 is 60.3 Å². The fourth-order valence-corrected chi connectivity index (χ4v) is 4.59. The molecule has 0 saturated heterocycles. The van der Waals surface area contributed by atoms with Gasteiger partial charge in [0, 0.05) is 23.0 Å². The monoisotopic (exact) mass is 699 g/mol. The first-order chi connectivity index (χ1) is 23.5. The molecule has 0 aromatic heterocycles. The zero-order chi connectivity index (χ0) is 37.4. The van der Waals surface area contributed by atoms with Crippen LogP contribution in [-0.4, -0.2) is 107 Å². The Morgan fingerprint density at radius 1 is 0.740 bits per heavy atom. The number of carboxylic acid groups (broad SMARTS) is 2. The zero-order valence-electron chi connectivity index (χ0n) is 28.5. The maximum absolute atomic E-state index is 13.1. The van der Waals surface area contributed by atoms with Crippen LogP contribution in [0.15, 0.2) is 72.8 Å². The molecular formula is C36H45NO13. The van der Waals surface area contributed by atoms with Gasteiger partial charge in [0.2, 0.25) is 5.91 Å². The number of esters is 2. The molecule has 50 heavy (non-hydrogen) atoms. The van der Waals surface area contributed by atoms with Gasteiger partial charge in [0.05, 0.1) is 25.7 Å². The lowest BCUT2D eigenvalue weighted by molar-refractivity contribution is -0.149. The Balaban J connectivity index is 2.26. The van der Waals surface area contributed by atoms with Gasteiger partial charge in [-0.2, -0.15) is 0 Å². The van der Waals surface area contributed by atoms with Crippen LogP contribution in [0.1, 0.15) is 44.7 Å². The molecule has 2 rings (SSSR count). The van der Waals surface area contributed by atoms with E-state index in [4.69, 9.17) is 18.9 Å². The Hall–Kier alpha value is -5.21. The number of hydrogen-bond donors (Lipinski definition) is 4. The normalized spacial score (nSPS) is 13.1. The Morgan fingerprint density at radius 2 is 1.18 bits per heavy atom. The van der Waals surface area contributed by atoms with Crippen LogP contribution in [0.25, 0.3) is 0 Å². The van der Waals surface area contributed by atoms with Gasteiger partial charge in [-0.05, 0) is 55.7 Å². The molecule has 1 amide bonds. The first kappa shape index (κ1) is 41.0. The lowest BCUT2D eigenvalue weighted by Gasteiger charge is -2.32. The van der Waals surface area contributed by atoms with Crippen molar-refractivity contribution in [1.82, 2.24) is 4.90 Å². The lowest BCUT2D eigenvalue weighted by atomic mass is 9.73. The Morgan fingerprint density at radius 3 is 1.60 bits per heavy atom. The number of ether oxygens (including phenoxy) is 4. The van der Waals surface area contributed by atoms with Crippen LogP contribution in [0, 0.1) is 5.92 Å². The highest BCUT2D eigenvalue weighted by Crippen LogP contribution is 2.38. The van der Waals surface area contributed by atoms with E-state index >= 15 is 0 Å². The third-order valence-electron chi connectivity index (χ3n) is 7.57. The Kier molecular flexibility index (Phi) is 16.1. The van der Waals surface area contributed by atoms with Gasteiger partial charge < -0.3 is 44.3 Å². The summed E-state index contributed by atoms with van der Waals surface area (Å²) in [6.45, 7) is 9.63. The number of aliphatic hydroxyl groups is 2. The number of carboxylic acids is 2. The predicted molar refractivity (Wildman–Crippen MR) is 180 cm³/mol. The second-order valence-corrected chi connectivity index (χ2v) is 12.0. The van der Waals surface area contributed by atoms with Gasteiger partial charge in [-0.1, -0.05) is 44.3 Å². The van der Waals surface area contributed by atoms with E-state index in [9.17, 15) is 44.4 Å². The second kappa shape index (κ2) is 19.7. The quantitative estimate of drug-likeness (QED) is 0.103. The van der Waals surface area contributed by atoms with Crippen molar-refractivity contribution in [2.45, 2.75) is 45.1 Å². The van der Waals surface area contributed by atoms with E-state index in [2.05, 4.69) is 13.2 Å². The number of aliphatic carboxylic acids is 2. The number of hydrogen-bond acceptors (Lipinski definition) is 11. The van der Waals surface area contributed by atoms with Gasteiger partial charge in [-0.25, -0.2) is 9.59 Å². The van der Waals surface area contributed by atoms with Gasteiger partial charge in [0.1, 0.15) is 43.9 Å². The molecule has 3 unspecified atom stereocenters. The molecule has 0 aliphatic rings. The van der Waals surface area contributed by atoms with E-state index in [1.807, 2.05) is 6.92 Å². The standard InChI is InChI=1S/C36H45NO13/c1-23(2)34(45)49-20-25(18-38)19-47-29-10-6-26(7-11-29)36(5,15-14-31(40)37(16-32(41)42)17-33(43)44)27-8-12-30(13-9-27)48-21-28(39)22-50-35(46)24(3)4/h6-13,25,28,38-39H,1,3,14-22H2,2,4-5H3,(H,41,42)(H,43,44). The molecule has 0 spiro atoms. The van der Waals surface area contributed by atoms with Crippen LogP contribution in [-0.2, 0) is 38.9 Å². The molecule has 0 saturated carbocycles. The van der Waals surface area contributed by atoms with Crippen LogP contribution < -0.4 is 9.47 Å². The number of amides is 1. The molecule has 0 bridgehead atoms. The van der Waals surface area contributed by atoms with Crippen LogP contribution >= 0.6 is 0 Å². The van der Waals surface area contributed by atoms with Crippen molar-refractivity contribution in [2.75, 3.05) is 46.1 Å². The average molecular weight is 700 g/mol. The van der Waals surface area contributed by atoms with E-state index in [0.717, 1.165) is 16.0 Å². The smallest absolute Gasteiger partial charge is 0.333 e. The van der Waals surface area contributed by atoms with Crippen molar-refractivity contribution >= 4 is 29.8 Å². The number of aliphatic hydroxyl groups excluding tert-OH is 2. The van der Waals surface area contributed by atoms with Gasteiger partial charge in [0.25, 0.3) is 0 Å². The number of nitrogens with zero attached hydrogens (tertiary/aromatic N) is 1. The van der Waals surface area contributed by atoms with Crippen molar-refractivity contribution in [2.24, 2.45) is 5.92 Å². The maximum Gasteiger partial charge on any atom is 0.333 e. The van der Waals surface area contributed by atoms with Gasteiger partial charge in [0.15, 0.2) is 0 Å². The average Bonchev–Trinajstić information content (AvgIpc) is 3.07. The summed E-state index contributed by atoms with van der Waals surface area (Å²) < 4.78 is 21.5. The molecule has 2 aromatic rings.